The van der Waals surface area contributed by atoms with Crippen molar-refractivity contribution in [3.05, 3.63) is 75.7 Å². The molecule has 0 atom stereocenters. The standard InChI is InChI=1S/C30H34Cl2FN5O5S/c1-3-4-11-38(30(40)36-26-15-22(29(34)39)25(33)16-23(26)31)20-9-12-37(13-10-20)18-19-5-8-28(35-17-19)43-27-7-6-21(14-24(27)32)44(2,41)42/h5-8,14-17,20H,3-4,9-13,18H2,1-2H3,(H2,34,39)(H,36,40). The molecule has 1 aromatic heterocycles. The number of ether oxygens (including phenoxy) is 1. The number of anilines is 1. The van der Waals surface area contributed by atoms with Crippen LogP contribution in [0.3, 0.4) is 0 Å². The number of nitrogens with zero attached hydrogens (tertiary/aromatic N) is 3. The number of likely N-dealkylation sites (tertiary alicyclic amines) is 1. The summed E-state index contributed by atoms with van der Waals surface area (Å²) in [6.07, 6.45) is 6.03. The number of halogens is 3. The smallest absolute Gasteiger partial charge is 0.322 e. The van der Waals surface area contributed by atoms with Crippen molar-refractivity contribution in [3.8, 4) is 11.6 Å². The summed E-state index contributed by atoms with van der Waals surface area (Å²) in [5, 5.41) is 2.88. The van der Waals surface area contributed by atoms with E-state index in [0.717, 1.165) is 62.7 Å². The van der Waals surface area contributed by atoms with E-state index in [9.17, 15) is 22.4 Å². The lowest BCUT2D eigenvalue weighted by Gasteiger charge is -2.38. The molecule has 2 aromatic carbocycles. The first-order chi connectivity index (χ1) is 20.8. The van der Waals surface area contributed by atoms with Crippen molar-refractivity contribution in [1.29, 1.82) is 0 Å². The lowest BCUT2D eigenvalue weighted by atomic mass is 10.0. The largest absolute Gasteiger partial charge is 0.437 e. The Bertz CT molecular complexity index is 1620. The molecule has 0 aliphatic carbocycles. The van der Waals surface area contributed by atoms with E-state index in [0.29, 0.717) is 24.7 Å². The molecule has 3 N–H and O–H groups in total. The van der Waals surface area contributed by atoms with Crippen molar-refractivity contribution >= 4 is 50.7 Å². The van der Waals surface area contributed by atoms with Gasteiger partial charge in [-0.3, -0.25) is 9.69 Å². The van der Waals surface area contributed by atoms with Crippen LogP contribution < -0.4 is 15.8 Å². The zero-order valence-electron chi connectivity index (χ0n) is 24.4. The van der Waals surface area contributed by atoms with Crippen LogP contribution in [0.4, 0.5) is 14.9 Å². The summed E-state index contributed by atoms with van der Waals surface area (Å²) in [5.74, 6) is -1.18. The number of aromatic nitrogens is 1. The highest BCUT2D eigenvalue weighted by atomic mass is 35.5. The highest BCUT2D eigenvalue weighted by molar-refractivity contribution is 7.90. The third-order valence-corrected chi connectivity index (χ3v) is 9.04. The Balaban J connectivity index is 1.34. The number of hydrogen-bond donors (Lipinski definition) is 2. The summed E-state index contributed by atoms with van der Waals surface area (Å²) in [6, 6.07) is 9.64. The minimum Gasteiger partial charge on any atom is -0.437 e. The number of rotatable bonds is 11. The first-order valence-electron chi connectivity index (χ1n) is 14.1. The molecule has 1 aliphatic rings. The number of sulfone groups is 1. The highest BCUT2D eigenvalue weighted by Gasteiger charge is 2.28. The number of unbranched alkanes of at least 4 members (excludes halogenated alkanes) is 1. The van der Waals surface area contributed by atoms with Gasteiger partial charge in [0.15, 0.2) is 9.84 Å². The second-order valence-corrected chi connectivity index (χ2v) is 13.5. The van der Waals surface area contributed by atoms with Crippen molar-refractivity contribution in [3.63, 3.8) is 0 Å². The Morgan fingerprint density at radius 3 is 2.45 bits per heavy atom. The number of carbonyl (C=O) groups excluding carboxylic acids is 2. The average molecular weight is 667 g/mol. The summed E-state index contributed by atoms with van der Waals surface area (Å²) >= 11 is 12.4. The third-order valence-electron chi connectivity index (χ3n) is 7.32. The second-order valence-electron chi connectivity index (χ2n) is 10.6. The maximum atomic E-state index is 14.1. The van der Waals surface area contributed by atoms with Crippen LogP contribution in [0.1, 0.15) is 48.5 Å². The summed E-state index contributed by atoms with van der Waals surface area (Å²) in [5.41, 5.74) is 6.01. The van der Waals surface area contributed by atoms with Crippen LogP contribution in [-0.4, -0.2) is 67.1 Å². The monoisotopic (exact) mass is 665 g/mol. The zero-order valence-corrected chi connectivity index (χ0v) is 26.7. The number of benzene rings is 2. The first-order valence-corrected chi connectivity index (χ1v) is 16.7. The molecule has 0 radical (unpaired) electrons. The van der Waals surface area contributed by atoms with Crippen LogP contribution in [0.15, 0.2) is 53.6 Å². The summed E-state index contributed by atoms with van der Waals surface area (Å²) < 4.78 is 43.3. The van der Waals surface area contributed by atoms with Gasteiger partial charge in [0, 0.05) is 50.7 Å². The molecule has 1 fully saturated rings. The first kappa shape index (κ1) is 33.4. The Morgan fingerprint density at radius 1 is 1.14 bits per heavy atom. The molecule has 2 heterocycles. The quantitative estimate of drug-likeness (QED) is 0.252. The topological polar surface area (TPSA) is 135 Å². The van der Waals surface area contributed by atoms with E-state index in [1.54, 1.807) is 17.2 Å². The molecule has 0 spiro atoms. The number of carbonyl (C=O) groups is 2. The van der Waals surface area contributed by atoms with Gasteiger partial charge < -0.3 is 20.7 Å². The van der Waals surface area contributed by atoms with Crippen LogP contribution in [0.25, 0.3) is 0 Å². The maximum absolute atomic E-state index is 14.1. The van der Waals surface area contributed by atoms with Crippen molar-refractivity contribution in [2.45, 2.75) is 50.1 Å². The number of urea groups is 1. The molecular weight excluding hydrogens is 632 g/mol. The van der Waals surface area contributed by atoms with Crippen LogP contribution in [0, 0.1) is 5.82 Å². The van der Waals surface area contributed by atoms with Crippen molar-refractivity contribution in [2.75, 3.05) is 31.2 Å². The highest BCUT2D eigenvalue weighted by Crippen LogP contribution is 2.31. The molecular formula is C30H34Cl2FN5O5S. The minimum atomic E-state index is -3.38. The number of hydrogen-bond acceptors (Lipinski definition) is 7. The average Bonchev–Trinajstić information content (AvgIpc) is 2.97. The molecule has 0 unspecified atom stereocenters. The SMILES string of the molecule is CCCCN(C(=O)Nc1cc(C(N)=O)c(F)cc1Cl)C1CCN(Cc2ccc(Oc3ccc(S(C)(=O)=O)cc3Cl)nc2)CC1. The number of amides is 3. The van der Waals surface area contributed by atoms with Gasteiger partial charge in [-0.15, -0.1) is 0 Å². The molecule has 1 aliphatic heterocycles. The zero-order chi connectivity index (χ0) is 32.0. The number of primary amides is 1. The molecule has 4 rings (SSSR count). The van der Waals surface area contributed by atoms with Gasteiger partial charge in [0.05, 0.1) is 26.2 Å². The van der Waals surface area contributed by atoms with E-state index in [1.807, 2.05) is 13.0 Å². The van der Waals surface area contributed by atoms with Gasteiger partial charge in [0.1, 0.15) is 11.6 Å². The fraction of sp³-hybridized carbons (Fsp3) is 0.367. The molecule has 3 amide bonds. The van der Waals surface area contributed by atoms with Gasteiger partial charge in [-0.2, -0.15) is 0 Å². The van der Waals surface area contributed by atoms with Crippen LogP contribution in [0.5, 0.6) is 11.6 Å². The molecule has 3 aromatic rings. The predicted octanol–water partition coefficient (Wildman–Crippen LogP) is 6.12. The van der Waals surface area contributed by atoms with E-state index in [-0.39, 0.29) is 38.3 Å². The van der Waals surface area contributed by atoms with Gasteiger partial charge in [0.25, 0.3) is 5.91 Å². The van der Waals surface area contributed by atoms with Crippen molar-refractivity contribution in [1.82, 2.24) is 14.8 Å². The third kappa shape index (κ3) is 8.59. The predicted molar refractivity (Wildman–Crippen MR) is 168 cm³/mol. The number of piperidine rings is 1. The van der Waals surface area contributed by atoms with E-state index in [2.05, 4.69) is 15.2 Å². The molecule has 10 nitrogen and oxygen atoms in total. The van der Waals surface area contributed by atoms with E-state index in [1.165, 1.54) is 18.2 Å². The molecule has 0 bridgehead atoms. The Labute approximate surface area is 266 Å². The van der Waals surface area contributed by atoms with E-state index in [4.69, 9.17) is 33.7 Å². The number of nitrogens with one attached hydrogen (secondary N) is 1. The van der Waals surface area contributed by atoms with Crippen LogP contribution >= 0.6 is 23.2 Å². The van der Waals surface area contributed by atoms with Crippen molar-refractivity contribution < 1.29 is 27.1 Å². The van der Waals surface area contributed by atoms with Gasteiger partial charge in [-0.1, -0.05) is 42.6 Å². The Kier molecular flexibility index (Phi) is 11.1. The molecule has 0 saturated carbocycles. The minimum absolute atomic E-state index is 0.0135. The summed E-state index contributed by atoms with van der Waals surface area (Å²) in [6.45, 7) is 4.75. The molecule has 44 heavy (non-hydrogen) atoms. The summed E-state index contributed by atoms with van der Waals surface area (Å²) in [4.78, 5) is 33.4. The number of nitrogens with two attached hydrogens (primary N) is 1. The lowest BCUT2D eigenvalue weighted by molar-refractivity contribution is 0.0996. The molecule has 14 heteroatoms. The van der Waals surface area contributed by atoms with Crippen LogP contribution in [0.2, 0.25) is 10.0 Å². The Hall–Kier alpha value is -3.45. The Morgan fingerprint density at radius 2 is 1.86 bits per heavy atom. The lowest BCUT2D eigenvalue weighted by Crippen LogP contribution is -2.49. The fourth-order valence-electron chi connectivity index (χ4n) is 4.92. The van der Waals surface area contributed by atoms with Gasteiger partial charge in [-0.25, -0.2) is 22.6 Å². The second kappa shape index (κ2) is 14.6. The molecule has 236 valence electrons. The summed E-state index contributed by atoms with van der Waals surface area (Å²) in [7, 11) is -3.38. The van der Waals surface area contributed by atoms with Crippen molar-refractivity contribution in [2.24, 2.45) is 5.73 Å². The fourth-order valence-corrected chi connectivity index (χ4v) is 6.05. The molecule has 1 saturated heterocycles. The van der Waals surface area contributed by atoms with E-state index >= 15 is 0 Å². The van der Waals surface area contributed by atoms with Gasteiger partial charge in [-0.05, 0) is 55.2 Å². The maximum Gasteiger partial charge on any atom is 0.322 e. The van der Waals surface area contributed by atoms with Gasteiger partial charge in [0.2, 0.25) is 5.88 Å². The number of pyridine rings is 1. The van der Waals surface area contributed by atoms with Gasteiger partial charge >= 0.3 is 6.03 Å². The van der Waals surface area contributed by atoms with E-state index < -0.39 is 21.6 Å². The normalized spacial score (nSPS) is 14.3. The van der Waals surface area contributed by atoms with Crippen LogP contribution in [-0.2, 0) is 16.4 Å².